The van der Waals surface area contributed by atoms with Gasteiger partial charge in [0.15, 0.2) is 5.82 Å². The summed E-state index contributed by atoms with van der Waals surface area (Å²) >= 11 is 5.64. The highest BCUT2D eigenvalue weighted by atomic mass is 35.5. The van der Waals surface area contributed by atoms with Gasteiger partial charge in [-0.15, -0.1) is 13.2 Å². The number of alkyl halides is 3. The number of carbonyl (C=O) groups excluding carboxylic acids is 2. The molecule has 0 radical (unpaired) electrons. The molecule has 0 unspecified atom stereocenters. The van der Waals surface area contributed by atoms with E-state index < -0.39 is 29.7 Å². The molecule has 29 heavy (non-hydrogen) atoms. The van der Waals surface area contributed by atoms with E-state index in [1.165, 1.54) is 18.5 Å². The second-order valence-corrected chi connectivity index (χ2v) is 6.10. The Balaban J connectivity index is 1.64. The lowest BCUT2D eigenvalue weighted by atomic mass is 10.2. The molecular formula is C17H11ClF4N4O3. The van der Waals surface area contributed by atoms with Gasteiger partial charge in [-0.1, -0.05) is 17.7 Å². The fraction of sp³-hybridized carbons (Fsp3) is 0.118. The van der Waals surface area contributed by atoms with Gasteiger partial charge in [0.25, 0.3) is 0 Å². The molecule has 2 aromatic heterocycles. The monoisotopic (exact) mass is 430 g/mol. The van der Waals surface area contributed by atoms with E-state index >= 15 is 0 Å². The van der Waals surface area contributed by atoms with E-state index in [2.05, 4.69) is 25.3 Å². The summed E-state index contributed by atoms with van der Waals surface area (Å²) in [5.41, 5.74) is 0.460. The number of nitrogens with one attached hydrogen (secondary N) is 3. The van der Waals surface area contributed by atoms with Crippen LogP contribution in [0, 0.1) is 5.82 Å². The molecule has 3 aromatic rings. The molecule has 12 heteroatoms. The van der Waals surface area contributed by atoms with E-state index in [9.17, 15) is 27.2 Å². The first-order valence-corrected chi connectivity index (χ1v) is 8.26. The van der Waals surface area contributed by atoms with Gasteiger partial charge < -0.3 is 20.4 Å². The van der Waals surface area contributed by atoms with Crippen LogP contribution in [-0.4, -0.2) is 28.1 Å². The molecule has 0 spiro atoms. The third-order valence-corrected chi connectivity index (χ3v) is 3.99. The van der Waals surface area contributed by atoms with Crippen LogP contribution in [-0.2, 0) is 16.1 Å². The first-order chi connectivity index (χ1) is 13.6. The number of H-pyrrole nitrogens is 1. The third kappa shape index (κ3) is 4.93. The molecule has 0 fully saturated rings. The number of pyridine rings is 1. The van der Waals surface area contributed by atoms with E-state index in [0.717, 1.165) is 18.3 Å². The Kier molecular flexibility index (Phi) is 5.59. The van der Waals surface area contributed by atoms with Crippen molar-refractivity contribution in [2.45, 2.75) is 12.9 Å². The van der Waals surface area contributed by atoms with E-state index in [0.29, 0.717) is 0 Å². The van der Waals surface area contributed by atoms with Gasteiger partial charge in [0.1, 0.15) is 5.75 Å². The standard InChI is InChI=1S/C17H11ClF4N4O3/c18-10-2-1-8(3-13(10)29-17(20,21)22)4-25-15(27)16(28)26-12-7-24-14-9(12)5-23-6-11(14)19/h1-3,5-7,24H,4H2,(H,25,27)(H,26,28). The summed E-state index contributed by atoms with van der Waals surface area (Å²) in [5, 5.41) is 4.54. The van der Waals surface area contributed by atoms with Crippen molar-refractivity contribution in [2.75, 3.05) is 5.32 Å². The van der Waals surface area contributed by atoms with Gasteiger partial charge in [0.2, 0.25) is 0 Å². The Hall–Kier alpha value is -3.34. The normalized spacial score (nSPS) is 11.3. The lowest BCUT2D eigenvalue weighted by Crippen LogP contribution is -2.34. The zero-order valence-electron chi connectivity index (χ0n) is 14.2. The van der Waals surface area contributed by atoms with E-state index in [1.807, 2.05) is 0 Å². The highest BCUT2D eigenvalue weighted by Gasteiger charge is 2.32. The summed E-state index contributed by atoms with van der Waals surface area (Å²) in [4.78, 5) is 30.3. The molecule has 3 N–H and O–H groups in total. The molecule has 0 saturated heterocycles. The summed E-state index contributed by atoms with van der Waals surface area (Å²) in [5.74, 6) is -3.39. The minimum absolute atomic E-state index is 0.106. The van der Waals surface area contributed by atoms with Gasteiger partial charge in [0, 0.05) is 24.3 Å². The highest BCUT2D eigenvalue weighted by Crippen LogP contribution is 2.31. The molecule has 0 atom stereocenters. The number of ether oxygens (including phenoxy) is 1. The fourth-order valence-corrected chi connectivity index (χ4v) is 2.57. The van der Waals surface area contributed by atoms with E-state index in [-0.39, 0.29) is 33.7 Å². The first-order valence-electron chi connectivity index (χ1n) is 7.88. The molecule has 1 aromatic carbocycles. The van der Waals surface area contributed by atoms with Gasteiger partial charge in [-0.2, -0.15) is 0 Å². The predicted octanol–water partition coefficient (Wildman–Crippen LogP) is 3.51. The third-order valence-electron chi connectivity index (χ3n) is 3.68. The highest BCUT2D eigenvalue weighted by molar-refractivity contribution is 6.40. The van der Waals surface area contributed by atoms with Crippen molar-refractivity contribution in [2.24, 2.45) is 0 Å². The molecule has 0 aliphatic heterocycles. The molecule has 0 bridgehead atoms. The number of hydrogen-bond donors (Lipinski definition) is 3. The number of fused-ring (bicyclic) bond motifs is 1. The largest absolute Gasteiger partial charge is 0.573 e. The van der Waals surface area contributed by atoms with Gasteiger partial charge in [-0.25, -0.2) is 4.39 Å². The quantitative estimate of drug-likeness (QED) is 0.436. The van der Waals surface area contributed by atoms with E-state index in [4.69, 9.17) is 11.6 Å². The van der Waals surface area contributed by atoms with Crippen molar-refractivity contribution in [1.29, 1.82) is 0 Å². The average Bonchev–Trinajstić information content (AvgIpc) is 3.05. The Bertz CT molecular complexity index is 1080. The van der Waals surface area contributed by atoms with Crippen molar-refractivity contribution in [3.8, 4) is 5.75 Å². The molecule has 2 amide bonds. The van der Waals surface area contributed by atoms with Gasteiger partial charge >= 0.3 is 18.2 Å². The molecule has 7 nitrogen and oxygen atoms in total. The zero-order valence-corrected chi connectivity index (χ0v) is 15.0. The smallest absolute Gasteiger partial charge is 0.404 e. The van der Waals surface area contributed by atoms with Crippen molar-refractivity contribution in [1.82, 2.24) is 15.3 Å². The maximum atomic E-state index is 13.6. The second kappa shape index (κ2) is 7.95. The average molecular weight is 431 g/mol. The molecule has 0 saturated carbocycles. The minimum atomic E-state index is -4.93. The number of amides is 2. The Morgan fingerprint density at radius 1 is 1.21 bits per heavy atom. The van der Waals surface area contributed by atoms with E-state index in [1.54, 1.807) is 0 Å². The van der Waals surface area contributed by atoms with Crippen LogP contribution in [0.3, 0.4) is 0 Å². The van der Waals surface area contributed by atoms with Crippen LogP contribution in [0.15, 0.2) is 36.8 Å². The fourth-order valence-electron chi connectivity index (χ4n) is 2.41. The zero-order chi connectivity index (χ0) is 21.2. The van der Waals surface area contributed by atoms with Crippen molar-refractivity contribution in [3.63, 3.8) is 0 Å². The number of carbonyl (C=O) groups is 2. The SMILES string of the molecule is O=C(NCc1ccc(Cl)c(OC(F)(F)F)c1)C(=O)Nc1c[nH]c2c(F)cncc12. The number of nitrogens with zero attached hydrogens (tertiary/aromatic N) is 1. The van der Waals surface area contributed by atoms with Crippen LogP contribution < -0.4 is 15.4 Å². The van der Waals surface area contributed by atoms with Crippen LogP contribution in [0.4, 0.5) is 23.2 Å². The summed E-state index contributed by atoms with van der Waals surface area (Å²) in [6.45, 7) is -0.262. The number of halogens is 5. The maximum absolute atomic E-state index is 13.6. The van der Waals surface area contributed by atoms with Crippen LogP contribution >= 0.6 is 11.6 Å². The summed E-state index contributed by atoms with van der Waals surface area (Å²) < 4.78 is 54.4. The molecule has 3 rings (SSSR count). The van der Waals surface area contributed by atoms with Gasteiger partial charge in [0.05, 0.1) is 22.4 Å². The Morgan fingerprint density at radius 2 is 1.97 bits per heavy atom. The summed E-state index contributed by atoms with van der Waals surface area (Å²) in [7, 11) is 0. The number of aromatic nitrogens is 2. The summed E-state index contributed by atoms with van der Waals surface area (Å²) in [6, 6.07) is 3.51. The topological polar surface area (TPSA) is 96.1 Å². The van der Waals surface area contributed by atoms with Crippen LogP contribution in [0.1, 0.15) is 5.56 Å². The maximum Gasteiger partial charge on any atom is 0.573 e. The van der Waals surface area contributed by atoms with Crippen molar-refractivity contribution >= 4 is 40.0 Å². The number of rotatable bonds is 4. The van der Waals surface area contributed by atoms with Crippen LogP contribution in [0.5, 0.6) is 5.75 Å². The first kappa shape index (κ1) is 20.4. The number of hydrogen-bond acceptors (Lipinski definition) is 4. The van der Waals surface area contributed by atoms with Crippen LogP contribution in [0.25, 0.3) is 10.9 Å². The molecule has 2 heterocycles. The minimum Gasteiger partial charge on any atom is -0.404 e. The van der Waals surface area contributed by atoms with Crippen molar-refractivity contribution < 1.29 is 31.9 Å². The molecular weight excluding hydrogens is 420 g/mol. The molecule has 0 aliphatic carbocycles. The van der Waals surface area contributed by atoms with Crippen LogP contribution in [0.2, 0.25) is 5.02 Å². The summed E-state index contributed by atoms with van der Waals surface area (Å²) in [6.07, 6.45) is -1.35. The lowest BCUT2D eigenvalue weighted by molar-refractivity contribution is -0.274. The predicted molar refractivity (Wildman–Crippen MR) is 94.7 cm³/mol. The Labute approximate surface area is 165 Å². The number of aromatic amines is 1. The number of benzene rings is 1. The van der Waals surface area contributed by atoms with Gasteiger partial charge in [-0.05, 0) is 17.7 Å². The van der Waals surface area contributed by atoms with Gasteiger partial charge in [-0.3, -0.25) is 14.6 Å². The second-order valence-electron chi connectivity index (χ2n) is 5.70. The molecule has 152 valence electrons. The molecule has 0 aliphatic rings. The Morgan fingerprint density at radius 3 is 2.69 bits per heavy atom. The lowest BCUT2D eigenvalue weighted by Gasteiger charge is -2.12. The van der Waals surface area contributed by atoms with Crippen molar-refractivity contribution in [3.05, 3.63) is 53.2 Å². The number of anilines is 1.